The second-order valence-electron chi connectivity index (χ2n) is 3.80. The highest BCUT2D eigenvalue weighted by Gasteiger charge is 2.16. The summed E-state index contributed by atoms with van der Waals surface area (Å²) >= 11 is 0. The number of hydrogen-bond acceptors (Lipinski definition) is 2. The molecule has 0 aliphatic heterocycles. The van der Waals surface area contributed by atoms with Gasteiger partial charge < -0.3 is 4.74 Å². The number of ether oxygens (including phenoxy) is 1. The Hall–Kier alpha value is -1.12. The van der Waals surface area contributed by atoms with Gasteiger partial charge in [0.25, 0.3) is 0 Å². The molecule has 0 aliphatic rings. The summed E-state index contributed by atoms with van der Waals surface area (Å²) in [5, 5.41) is 0. The van der Waals surface area contributed by atoms with Crippen LogP contribution in [0.3, 0.4) is 0 Å². The SMILES string of the molecule is C=N/C(=N\C=C(/C)OC)C(C)(C)C. The van der Waals surface area contributed by atoms with Gasteiger partial charge in [-0.2, -0.15) is 0 Å². The third kappa shape index (κ3) is 4.45. The zero-order valence-electron chi connectivity index (χ0n) is 9.09. The molecule has 3 heteroatoms. The predicted octanol–water partition coefficient (Wildman–Crippen LogP) is 2.64. The predicted molar refractivity (Wildman–Crippen MR) is 57.2 cm³/mol. The van der Waals surface area contributed by atoms with Crippen molar-refractivity contribution in [3.63, 3.8) is 0 Å². The van der Waals surface area contributed by atoms with Crippen LogP contribution in [0, 0.1) is 5.41 Å². The van der Waals surface area contributed by atoms with Crippen molar-refractivity contribution in [3.8, 4) is 0 Å². The Balaban J connectivity index is 4.69. The van der Waals surface area contributed by atoms with Crippen molar-refractivity contribution in [1.82, 2.24) is 0 Å². The average Bonchev–Trinajstić information content (AvgIpc) is 2.02. The highest BCUT2D eigenvalue weighted by Crippen LogP contribution is 2.17. The molecule has 13 heavy (non-hydrogen) atoms. The van der Waals surface area contributed by atoms with E-state index in [1.807, 2.05) is 27.7 Å². The fraction of sp³-hybridized carbons (Fsp3) is 0.600. The van der Waals surface area contributed by atoms with Gasteiger partial charge in [-0.25, -0.2) is 9.98 Å². The summed E-state index contributed by atoms with van der Waals surface area (Å²) in [6, 6.07) is 0. The van der Waals surface area contributed by atoms with Gasteiger partial charge >= 0.3 is 0 Å². The molecule has 3 nitrogen and oxygen atoms in total. The highest BCUT2D eigenvalue weighted by atomic mass is 16.5. The fourth-order valence-electron chi connectivity index (χ4n) is 0.676. The topological polar surface area (TPSA) is 34.0 Å². The highest BCUT2D eigenvalue weighted by molar-refractivity contribution is 5.91. The Bertz CT molecular complexity index is 234. The third-order valence-electron chi connectivity index (χ3n) is 1.51. The number of aliphatic imine (C=N–C) groups is 2. The minimum absolute atomic E-state index is 0.0771. The molecule has 0 amide bonds. The van der Waals surface area contributed by atoms with Gasteiger partial charge in [0.15, 0.2) is 0 Å². The van der Waals surface area contributed by atoms with Gasteiger partial charge in [0.1, 0.15) is 11.6 Å². The largest absolute Gasteiger partial charge is 0.500 e. The molecule has 0 heterocycles. The molecule has 0 spiro atoms. The van der Waals surface area contributed by atoms with Crippen LogP contribution < -0.4 is 0 Å². The van der Waals surface area contributed by atoms with Crippen LogP contribution >= 0.6 is 0 Å². The van der Waals surface area contributed by atoms with Crippen molar-refractivity contribution in [2.45, 2.75) is 27.7 Å². The Kier molecular flexibility index (Phi) is 4.38. The number of methoxy groups -OCH3 is 1. The number of hydrogen-bond donors (Lipinski definition) is 0. The van der Waals surface area contributed by atoms with Gasteiger partial charge in [-0.15, -0.1) is 0 Å². The van der Waals surface area contributed by atoms with E-state index in [0.29, 0.717) is 5.84 Å². The Morgan fingerprint density at radius 3 is 2.23 bits per heavy atom. The zero-order chi connectivity index (χ0) is 10.5. The second-order valence-corrected chi connectivity index (χ2v) is 3.80. The van der Waals surface area contributed by atoms with Crippen LogP contribution in [0.4, 0.5) is 0 Å². The van der Waals surface area contributed by atoms with Crippen molar-refractivity contribution in [1.29, 1.82) is 0 Å². The lowest BCUT2D eigenvalue weighted by atomic mass is 9.95. The number of rotatable bonds is 2. The van der Waals surface area contributed by atoms with Crippen LogP contribution in [-0.4, -0.2) is 19.7 Å². The van der Waals surface area contributed by atoms with Gasteiger partial charge in [-0.05, 0) is 13.6 Å². The van der Waals surface area contributed by atoms with E-state index in [-0.39, 0.29) is 5.41 Å². The smallest absolute Gasteiger partial charge is 0.132 e. The first-order valence-electron chi connectivity index (χ1n) is 4.17. The van der Waals surface area contributed by atoms with Crippen LogP contribution in [0.5, 0.6) is 0 Å². The first-order valence-corrected chi connectivity index (χ1v) is 4.17. The van der Waals surface area contributed by atoms with Gasteiger partial charge in [-0.1, -0.05) is 20.8 Å². The van der Waals surface area contributed by atoms with Gasteiger partial charge in [0.2, 0.25) is 0 Å². The van der Waals surface area contributed by atoms with Gasteiger partial charge in [-0.3, -0.25) is 0 Å². The van der Waals surface area contributed by atoms with E-state index in [9.17, 15) is 0 Å². The summed E-state index contributed by atoms with van der Waals surface area (Å²) in [5.74, 6) is 1.47. The molecule has 0 N–H and O–H groups in total. The molecule has 0 aliphatic carbocycles. The molecule has 0 saturated carbocycles. The summed E-state index contributed by atoms with van der Waals surface area (Å²) in [4.78, 5) is 8.05. The van der Waals surface area contributed by atoms with E-state index in [1.165, 1.54) is 0 Å². The second kappa shape index (κ2) is 4.80. The fourth-order valence-corrected chi connectivity index (χ4v) is 0.676. The average molecular weight is 182 g/mol. The lowest BCUT2D eigenvalue weighted by Gasteiger charge is -2.16. The number of allylic oxidation sites excluding steroid dienone is 1. The van der Waals surface area contributed by atoms with Crippen LogP contribution in [0.25, 0.3) is 0 Å². The van der Waals surface area contributed by atoms with E-state index in [0.717, 1.165) is 5.76 Å². The molecule has 0 aromatic heterocycles. The minimum atomic E-state index is -0.0771. The maximum Gasteiger partial charge on any atom is 0.132 e. The molecular weight excluding hydrogens is 164 g/mol. The Labute approximate surface area is 80.2 Å². The van der Waals surface area contributed by atoms with Crippen molar-refractivity contribution < 1.29 is 4.74 Å². The molecule has 74 valence electrons. The van der Waals surface area contributed by atoms with E-state index in [4.69, 9.17) is 4.74 Å². The van der Waals surface area contributed by atoms with Crippen molar-refractivity contribution in [2.24, 2.45) is 15.4 Å². The lowest BCUT2D eigenvalue weighted by molar-refractivity contribution is 0.292. The molecule has 0 aromatic carbocycles. The van der Waals surface area contributed by atoms with Gasteiger partial charge in [0, 0.05) is 5.41 Å². The van der Waals surface area contributed by atoms with Crippen LogP contribution in [0.15, 0.2) is 21.9 Å². The molecule has 0 bridgehead atoms. The van der Waals surface area contributed by atoms with Crippen LogP contribution in [0.1, 0.15) is 27.7 Å². The third-order valence-corrected chi connectivity index (χ3v) is 1.51. The van der Waals surface area contributed by atoms with E-state index in [2.05, 4.69) is 16.7 Å². The van der Waals surface area contributed by atoms with Crippen molar-refractivity contribution in [3.05, 3.63) is 12.0 Å². The molecule has 0 unspecified atom stereocenters. The summed E-state index contributed by atoms with van der Waals surface area (Å²) in [6.45, 7) is 11.4. The molecule has 0 aromatic rings. The summed E-state index contributed by atoms with van der Waals surface area (Å²) in [5.41, 5.74) is -0.0771. The first-order chi connectivity index (χ1) is 5.91. The Morgan fingerprint density at radius 1 is 1.38 bits per heavy atom. The van der Waals surface area contributed by atoms with Crippen molar-refractivity contribution >= 4 is 12.6 Å². The number of amidine groups is 1. The first kappa shape index (κ1) is 11.9. The molecule has 0 radical (unpaired) electrons. The quantitative estimate of drug-likeness (QED) is 0.367. The van der Waals surface area contributed by atoms with E-state index < -0.39 is 0 Å². The number of nitrogens with zero attached hydrogens (tertiary/aromatic N) is 2. The maximum atomic E-state index is 4.95. The van der Waals surface area contributed by atoms with Crippen LogP contribution in [0.2, 0.25) is 0 Å². The summed E-state index contributed by atoms with van der Waals surface area (Å²) in [6.07, 6.45) is 1.65. The molecule has 0 rings (SSSR count). The molecular formula is C10H18N2O. The summed E-state index contributed by atoms with van der Waals surface area (Å²) in [7, 11) is 1.61. The van der Waals surface area contributed by atoms with Crippen molar-refractivity contribution in [2.75, 3.05) is 7.11 Å². The monoisotopic (exact) mass is 182 g/mol. The molecule has 0 atom stereocenters. The zero-order valence-corrected chi connectivity index (χ0v) is 9.09. The standard InChI is InChI=1S/C10H18N2O/c1-8(13-6)7-12-9(11-5)10(2,3)4/h7H,5H2,1-4,6H3/b8-7+,12-9-. The maximum absolute atomic E-state index is 4.95. The van der Waals surface area contributed by atoms with Gasteiger partial charge in [0.05, 0.1) is 13.3 Å². The Morgan fingerprint density at radius 2 is 1.92 bits per heavy atom. The van der Waals surface area contributed by atoms with E-state index in [1.54, 1.807) is 13.3 Å². The van der Waals surface area contributed by atoms with E-state index >= 15 is 0 Å². The normalized spacial score (nSPS) is 14.2. The lowest BCUT2D eigenvalue weighted by Crippen LogP contribution is -2.17. The molecule has 0 fully saturated rings. The molecule has 0 saturated heterocycles. The van der Waals surface area contributed by atoms with Crippen LogP contribution in [-0.2, 0) is 4.74 Å². The minimum Gasteiger partial charge on any atom is -0.500 e. The summed E-state index contributed by atoms with van der Waals surface area (Å²) < 4.78 is 4.95.